The van der Waals surface area contributed by atoms with Gasteiger partial charge in [0, 0.05) is 43.6 Å². The summed E-state index contributed by atoms with van der Waals surface area (Å²) in [6.07, 6.45) is 0.242. The van der Waals surface area contributed by atoms with Crippen molar-refractivity contribution in [2.24, 2.45) is 0 Å². The fraction of sp³-hybridized carbons (Fsp3) is 0.412. The van der Waals surface area contributed by atoms with E-state index in [2.05, 4.69) is 5.32 Å². The zero-order valence-corrected chi connectivity index (χ0v) is 14.1. The first-order valence-electron chi connectivity index (χ1n) is 7.44. The Morgan fingerprint density at radius 1 is 1.39 bits per heavy atom. The molecule has 124 valence electrons. The average Bonchev–Trinajstić information content (AvgIpc) is 2.89. The molecule has 0 spiro atoms. The molecule has 1 aromatic carbocycles. The molecule has 0 saturated heterocycles. The number of carbonyl (C=O) groups is 2. The van der Waals surface area contributed by atoms with E-state index in [1.165, 1.54) is 4.90 Å². The highest BCUT2D eigenvalue weighted by atomic mass is 16.5. The zero-order chi connectivity index (χ0) is 17.1. The highest BCUT2D eigenvalue weighted by molar-refractivity contribution is 5.99. The summed E-state index contributed by atoms with van der Waals surface area (Å²) in [5.41, 5.74) is 1.39. The van der Waals surface area contributed by atoms with Gasteiger partial charge in [0.1, 0.15) is 11.3 Å². The van der Waals surface area contributed by atoms with Crippen molar-refractivity contribution in [3.63, 3.8) is 0 Å². The second-order valence-electron chi connectivity index (χ2n) is 5.56. The van der Waals surface area contributed by atoms with Gasteiger partial charge in [-0.1, -0.05) is 0 Å². The van der Waals surface area contributed by atoms with E-state index in [1.54, 1.807) is 27.3 Å². The second kappa shape index (κ2) is 6.73. The van der Waals surface area contributed by atoms with E-state index >= 15 is 0 Å². The van der Waals surface area contributed by atoms with E-state index in [-0.39, 0.29) is 24.3 Å². The molecule has 0 aliphatic carbocycles. The van der Waals surface area contributed by atoms with Gasteiger partial charge in [-0.05, 0) is 26.0 Å². The number of aryl methyl sites for hydroxylation is 1. The highest BCUT2D eigenvalue weighted by Crippen LogP contribution is 2.29. The van der Waals surface area contributed by atoms with Crippen LogP contribution in [0.4, 0.5) is 0 Å². The molecular formula is C17H22N2O4. The van der Waals surface area contributed by atoms with Gasteiger partial charge >= 0.3 is 0 Å². The third kappa shape index (κ3) is 3.31. The lowest BCUT2D eigenvalue weighted by atomic mass is 10.1. The van der Waals surface area contributed by atoms with Crippen molar-refractivity contribution in [1.29, 1.82) is 0 Å². The van der Waals surface area contributed by atoms with Crippen molar-refractivity contribution >= 4 is 22.8 Å². The Balaban J connectivity index is 2.30. The van der Waals surface area contributed by atoms with Crippen LogP contribution in [-0.4, -0.2) is 44.0 Å². The van der Waals surface area contributed by atoms with Gasteiger partial charge in [-0.3, -0.25) is 9.59 Å². The van der Waals surface area contributed by atoms with E-state index in [0.717, 1.165) is 10.9 Å². The monoisotopic (exact) mass is 318 g/mol. The molecule has 1 aromatic heterocycles. The first-order chi connectivity index (χ1) is 10.9. The number of carbonyl (C=O) groups excluding carboxylic acids is 2. The fourth-order valence-electron chi connectivity index (χ4n) is 2.40. The van der Waals surface area contributed by atoms with Crippen LogP contribution < -0.4 is 10.1 Å². The third-order valence-electron chi connectivity index (χ3n) is 4.08. The van der Waals surface area contributed by atoms with Crippen LogP contribution in [0.5, 0.6) is 5.75 Å². The van der Waals surface area contributed by atoms with Crippen LogP contribution in [0.15, 0.2) is 22.6 Å². The summed E-state index contributed by atoms with van der Waals surface area (Å²) in [5.74, 6) is 0.614. The van der Waals surface area contributed by atoms with Gasteiger partial charge in [-0.25, -0.2) is 0 Å². The predicted octanol–water partition coefficient (Wildman–Crippen LogP) is 2.35. The van der Waals surface area contributed by atoms with Crippen molar-refractivity contribution < 1.29 is 18.7 Å². The van der Waals surface area contributed by atoms with E-state index < -0.39 is 0 Å². The maximum Gasteiger partial charge on any atom is 0.289 e. The van der Waals surface area contributed by atoms with Crippen LogP contribution in [0.2, 0.25) is 0 Å². The van der Waals surface area contributed by atoms with Crippen molar-refractivity contribution in [3.05, 3.63) is 29.5 Å². The summed E-state index contributed by atoms with van der Waals surface area (Å²) in [5, 5.41) is 3.44. The number of methoxy groups -OCH3 is 1. The summed E-state index contributed by atoms with van der Waals surface area (Å²) in [6, 6.07) is 5.23. The van der Waals surface area contributed by atoms with Gasteiger partial charge in [-0.15, -0.1) is 0 Å². The van der Waals surface area contributed by atoms with Gasteiger partial charge in [0.25, 0.3) is 5.91 Å². The van der Waals surface area contributed by atoms with Crippen molar-refractivity contribution in [2.45, 2.75) is 26.3 Å². The summed E-state index contributed by atoms with van der Waals surface area (Å²) < 4.78 is 10.9. The molecule has 23 heavy (non-hydrogen) atoms. The second-order valence-corrected chi connectivity index (χ2v) is 5.56. The van der Waals surface area contributed by atoms with E-state index in [9.17, 15) is 9.59 Å². The van der Waals surface area contributed by atoms with Crippen LogP contribution >= 0.6 is 0 Å². The molecule has 2 aromatic rings. The number of fused-ring (bicyclic) bond motifs is 1. The Morgan fingerprint density at radius 3 is 2.70 bits per heavy atom. The lowest BCUT2D eigenvalue weighted by Crippen LogP contribution is -2.38. The summed E-state index contributed by atoms with van der Waals surface area (Å²) >= 11 is 0. The Kier molecular flexibility index (Phi) is 4.93. The van der Waals surface area contributed by atoms with E-state index in [0.29, 0.717) is 17.1 Å². The fourth-order valence-corrected chi connectivity index (χ4v) is 2.40. The minimum Gasteiger partial charge on any atom is -0.497 e. The average molecular weight is 318 g/mol. The Hall–Kier alpha value is -2.50. The number of ether oxygens (including phenoxy) is 1. The molecule has 0 bridgehead atoms. The molecule has 2 amide bonds. The van der Waals surface area contributed by atoms with Gasteiger partial charge in [0.05, 0.1) is 7.11 Å². The molecule has 0 aliphatic rings. The maximum atomic E-state index is 12.7. The quantitative estimate of drug-likeness (QED) is 0.918. The number of nitrogens with one attached hydrogen (secondary N) is 1. The van der Waals surface area contributed by atoms with Crippen LogP contribution in [0.1, 0.15) is 29.5 Å². The van der Waals surface area contributed by atoms with Crippen molar-refractivity contribution in [1.82, 2.24) is 10.2 Å². The van der Waals surface area contributed by atoms with Crippen LogP contribution in [0.3, 0.4) is 0 Å². The summed E-state index contributed by atoms with van der Waals surface area (Å²) in [7, 11) is 4.83. The molecule has 6 heteroatoms. The predicted molar refractivity (Wildman–Crippen MR) is 87.7 cm³/mol. The Morgan fingerprint density at radius 2 is 2.09 bits per heavy atom. The first-order valence-corrected chi connectivity index (χ1v) is 7.44. The number of furan rings is 1. The Bertz CT molecular complexity index is 736. The lowest BCUT2D eigenvalue weighted by molar-refractivity contribution is -0.121. The molecule has 1 heterocycles. The minimum atomic E-state index is -0.242. The smallest absolute Gasteiger partial charge is 0.289 e. The van der Waals surface area contributed by atoms with E-state index in [1.807, 2.05) is 26.0 Å². The third-order valence-corrected chi connectivity index (χ3v) is 4.08. The van der Waals surface area contributed by atoms with Gasteiger partial charge in [0.2, 0.25) is 5.91 Å². The molecule has 0 unspecified atom stereocenters. The number of nitrogens with zero attached hydrogens (tertiary/aromatic N) is 1. The molecule has 0 radical (unpaired) electrons. The van der Waals surface area contributed by atoms with Crippen LogP contribution in [0, 0.1) is 6.92 Å². The number of hydrogen-bond acceptors (Lipinski definition) is 4. The van der Waals surface area contributed by atoms with Crippen molar-refractivity contribution in [2.75, 3.05) is 21.2 Å². The Labute approximate surface area is 135 Å². The summed E-state index contributed by atoms with van der Waals surface area (Å²) in [4.78, 5) is 25.7. The standard InChI is InChI=1S/C17H22N2O4/c1-10(8-15(20)18-3)19(4)17(21)16-11(2)13-7-6-12(22-5)9-14(13)23-16/h6-7,9-10H,8H2,1-5H3,(H,18,20)/t10-/m0/s1. The molecule has 1 N–H and O–H groups in total. The SMILES string of the molecule is CNC(=O)C[C@H](C)N(C)C(=O)c1oc2cc(OC)ccc2c1C. The van der Waals surface area contributed by atoms with Gasteiger partial charge < -0.3 is 19.4 Å². The van der Waals surface area contributed by atoms with E-state index in [4.69, 9.17) is 9.15 Å². The van der Waals surface area contributed by atoms with Crippen molar-refractivity contribution in [3.8, 4) is 5.75 Å². The topological polar surface area (TPSA) is 71.8 Å². The minimum absolute atomic E-state index is 0.108. The molecule has 6 nitrogen and oxygen atoms in total. The molecule has 0 saturated carbocycles. The number of benzene rings is 1. The first kappa shape index (κ1) is 16.9. The normalized spacial score (nSPS) is 12.0. The van der Waals surface area contributed by atoms with Gasteiger partial charge in [-0.2, -0.15) is 0 Å². The highest BCUT2D eigenvalue weighted by Gasteiger charge is 2.25. The number of hydrogen-bond donors (Lipinski definition) is 1. The molecule has 1 atom stereocenters. The molecule has 2 rings (SSSR count). The largest absolute Gasteiger partial charge is 0.497 e. The zero-order valence-electron chi connectivity index (χ0n) is 14.1. The van der Waals surface area contributed by atoms with Crippen LogP contribution in [-0.2, 0) is 4.79 Å². The number of rotatable bonds is 5. The molecule has 0 fully saturated rings. The molecular weight excluding hydrogens is 296 g/mol. The summed E-state index contributed by atoms with van der Waals surface area (Å²) in [6.45, 7) is 3.68. The maximum absolute atomic E-state index is 12.7. The number of amides is 2. The molecule has 0 aliphatic heterocycles. The lowest BCUT2D eigenvalue weighted by Gasteiger charge is -2.23. The van der Waals surface area contributed by atoms with Gasteiger partial charge in [0.15, 0.2) is 5.76 Å². The van der Waals surface area contributed by atoms with Crippen LogP contribution in [0.25, 0.3) is 11.0 Å².